The van der Waals surface area contributed by atoms with Crippen LogP contribution in [0.2, 0.25) is 0 Å². The lowest BCUT2D eigenvalue weighted by molar-refractivity contribution is -0.130. The number of carbonyl (C=O) groups excluding carboxylic acids is 1. The molecule has 1 aliphatic rings. The monoisotopic (exact) mass is 270 g/mol. The van der Waals surface area contributed by atoms with Crippen LogP contribution in [0.5, 0.6) is 0 Å². The van der Waals surface area contributed by atoms with Crippen molar-refractivity contribution in [2.75, 3.05) is 0 Å². The van der Waals surface area contributed by atoms with Crippen molar-refractivity contribution in [1.29, 1.82) is 0 Å². The number of hydrogen-bond donors (Lipinski definition) is 0. The van der Waals surface area contributed by atoms with Gasteiger partial charge in [0.2, 0.25) is 0 Å². The first kappa shape index (κ1) is 12.4. The van der Waals surface area contributed by atoms with Crippen LogP contribution in [0.3, 0.4) is 0 Å². The van der Waals surface area contributed by atoms with Gasteiger partial charge in [-0.05, 0) is 55.5 Å². The first-order valence-electron chi connectivity index (χ1n) is 6.10. The van der Waals surface area contributed by atoms with Crippen LogP contribution in [0.1, 0.15) is 17.1 Å². The van der Waals surface area contributed by atoms with Crippen LogP contribution in [-0.2, 0) is 9.53 Å². The Morgan fingerprint density at radius 3 is 2.50 bits per heavy atom. The predicted octanol–water partition coefficient (Wildman–Crippen LogP) is 3.71. The maximum atomic E-state index is 12.9. The Bertz CT molecular complexity index is 720. The third-order valence-corrected chi connectivity index (χ3v) is 2.91. The summed E-state index contributed by atoms with van der Waals surface area (Å²) < 4.78 is 23.4. The molecule has 2 aromatic rings. The molecule has 1 aliphatic heterocycles. The fraction of sp³-hybridized carbons (Fsp3) is 0.0625. The zero-order valence-electron chi connectivity index (χ0n) is 10.7. The molecule has 20 heavy (non-hydrogen) atoms. The van der Waals surface area contributed by atoms with E-state index in [2.05, 4.69) is 0 Å². The molecule has 4 heteroatoms. The van der Waals surface area contributed by atoms with Crippen LogP contribution in [-0.4, -0.2) is 5.97 Å². The van der Waals surface area contributed by atoms with Gasteiger partial charge in [-0.1, -0.05) is 0 Å². The number of ether oxygens (including phenoxy) is 1. The van der Waals surface area contributed by atoms with Gasteiger partial charge in [0.15, 0.2) is 0 Å². The van der Waals surface area contributed by atoms with E-state index in [0.717, 1.165) is 5.76 Å². The predicted molar refractivity (Wildman–Crippen MR) is 71.9 cm³/mol. The summed E-state index contributed by atoms with van der Waals surface area (Å²) in [7, 11) is 0. The van der Waals surface area contributed by atoms with Crippen molar-refractivity contribution < 1.29 is 18.3 Å². The lowest BCUT2D eigenvalue weighted by Crippen LogP contribution is -1.96. The van der Waals surface area contributed by atoms with E-state index in [1.54, 1.807) is 30.4 Å². The van der Waals surface area contributed by atoms with E-state index in [4.69, 9.17) is 9.15 Å². The second-order valence-electron chi connectivity index (χ2n) is 4.45. The lowest BCUT2D eigenvalue weighted by atomic mass is 10.1. The average molecular weight is 270 g/mol. The summed E-state index contributed by atoms with van der Waals surface area (Å²) >= 11 is 0. The van der Waals surface area contributed by atoms with Crippen LogP contribution < -0.4 is 0 Å². The summed E-state index contributed by atoms with van der Waals surface area (Å²) in [6, 6.07) is 9.36. The molecule has 1 aromatic carbocycles. The van der Waals surface area contributed by atoms with E-state index in [9.17, 15) is 9.18 Å². The zero-order valence-corrected chi connectivity index (χ0v) is 10.7. The molecule has 3 nitrogen and oxygen atoms in total. The van der Waals surface area contributed by atoms with Gasteiger partial charge in [0.05, 0.1) is 5.57 Å². The van der Waals surface area contributed by atoms with Crippen molar-refractivity contribution in [2.45, 2.75) is 6.92 Å². The number of rotatable bonds is 2. The highest BCUT2D eigenvalue weighted by atomic mass is 19.1. The smallest absolute Gasteiger partial charge is 0.343 e. The highest BCUT2D eigenvalue weighted by Crippen LogP contribution is 2.27. The average Bonchev–Trinajstić information content (AvgIpc) is 2.98. The van der Waals surface area contributed by atoms with Gasteiger partial charge < -0.3 is 9.15 Å². The van der Waals surface area contributed by atoms with Gasteiger partial charge in [0.25, 0.3) is 0 Å². The molecule has 0 radical (unpaired) electrons. The summed E-state index contributed by atoms with van der Waals surface area (Å²) in [5.74, 6) is 0.986. The number of esters is 1. The van der Waals surface area contributed by atoms with Crippen molar-refractivity contribution in [3.8, 4) is 0 Å². The maximum Gasteiger partial charge on any atom is 0.343 e. The van der Waals surface area contributed by atoms with Crippen LogP contribution in [0, 0.1) is 12.7 Å². The Morgan fingerprint density at radius 1 is 1.10 bits per heavy atom. The zero-order chi connectivity index (χ0) is 14.1. The Labute approximate surface area is 115 Å². The number of carbonyl (C=O) groups is 1. The van der Waals surface area contributed by atoms with Gasteiger partial charge in [-0.2, -0.15) is 0 Å². The lowest BCUT2D eigenvalue weighted by Gasteiger charge is -2.00. The van der Waals surface area contributed by atoms with Crippen molar-refractivity contribution in [3.05, 3.63) is 70.9 Å². The van der Waals surface area contributed by atoms with E-state index in [1.807, 2.05) is 13.0 Å². The molecule has 100 valence electrons. The Balaban J connectivity index is 1.92. The van der Waals surface area contributed by atoms with Gasteiger partial charge >= 0.3 is 5.97 Å². The molecule has 3 rings (SSSR count). The third-order valence-electron chi connectivity index (χ3n) is 2.91. The van der Waals surface area contributed by atoms with Crippen LogP contribution in [0.15, 0.2) is 52.5 Å². The number of benzene rings is 1. The van der Waals surface area contributed by atoms with Gasteiger partial charge in [0.1, 0.15) is 23.1 Å². The maximum absolute atomic E-state index is 12.9. The molecule has 0 unspecified atom stereocenters. The van der Waals surface area contributed by atoms with E-state index < -0.39 is 5.97 Å². The third kappa shape index (κ3) is 2.40. The summed E-state index contributed by atoms with van der Waals surface area (Å²) in [6.07, 6.45) is 3.24. The summed E-state index contributed by atoms with van der Waals surface area (Å²) in [5, 5.41) is 0. The fourth-order valence-electron chi connectivity index (χ4n) is 1.93. The molecule has 0 saturated heterocycles. The number of hydrogen-bond acceptors (Lipinski definition) is 3. The van der Waals surface area contributed by atoms with Crippen molar-refractivity contribution >= 4 is 17.8 Å². The molecule has 0 saturated carbocycles. The number of furan rings is 1. The van der Waals surface area contributed by atoms with E-state index in [-0.39, 0.29) is 5.82 Å². The van der Waals surface area contributed by atoms with E-state index >= 15 is 0 Å². The standard InChI is InChI=1S/C16H11FO3/c1-10-2-7-14(19-10)8-12-9-15(20-16(12)18)11-3-5-13(17)6-4-11/h2-9H,1H3/b12-8+. The SMILES string of the molecule is Cc1ccc(/C=C2\C=C(c3ccc(F)cc3)OC2=O)o1. The molecular weight excluding hydrogens is 259 g/mol. The van der Waals surface area contributed by atoms with Crippen molar-refractivity contribution in [2.24, 2.45) is 0 Å². The second-order valence-corrected chi connectivity index (χ2v) is 4.45. The van der Waals surface area contributed by atoms with Crippen LogP contribution in [0.4, 0.5) is 4.39 Å². The normalized spacial score (nSPS) is 16.4. The van der Waals surface area contributed by atoms with Crippen LogP contribution >= 0.6 is 0 Å². The second kappa shape index (κ2) is 4.81. The molecule has 0 spiro atoms. The summed E-state index contributed by atoms with van der Waals surface area (Å²) in [6.45, 7) is 1.83. The quantitative estimate of drug-likeness (QED) is 0.617. The molecule has 0 amide bonds. The number of cyclic esters (lactones) is 1. The number of halogens is 1. The van der Waals surface area contributed by atoms with Gasteiger partial charge in [-0.15, -0.1) is 0 Å². The minimum absolute atomic E-state index is 0.333. The van der Waals surface area contributed by atoms with E-state index in [1.165, 1.54) is 12.1 Å². The molecule has 2 heterocycles. The van der Waals surface area contributed by atoms with Crippen molar-refractivity contribution in [1.82, 2.24) is 0 Å². The first-order valence-corrected chi connectivity index (χ1v) is 6.10. The molecule has 0 aliphatic carbocycles. The minimum Gasteiger partial charge on any atom is -0.462 e. The minimum atomic E-state index is -0.446. The largest absolute Gasteiger partial charge is 0.462 e. The topological polar surface area (TPSA) is 39.4 Å². The molecule has 0 atom stereocenters. The Kier molecular flexibility index (Phi) is 2.99. The van der Waals surface area contributed by atoms with Crippen molar-refractivity contribution in [3.63, 3.8) is 0 Å². The Morgan fingerprint density at radius 2 is 1.85 bits per heavy atom. The molecule has 0 fully saturated rings. The molecular formula is C16H11FO3. The molecule has 1 aromatic heterocycles. The van der Waals surface area contributed by atoms with Gasteiger partial charge in [-0.3, -0.25) is 0 Å². The number of aryl methyl sites for hydroxylation is 1. The van der Waals surface area contributed by atoms with Gasteiger partial charge in [-0.25, -0.2) is 9.18 Å². The molecule has 0 bridgehead atoms. The Hall–Kier alpha value is -2.62. The summed E-state index contributed by atoms with van der Waals surface area (Å²) in [5.41, 5.74) is 1.05. The van der Waals surface area contributed by atoms with Crippen LogP contribution in [0.25, 0.3) is 11.8 Å². The fourth-order valence-corrected chi connectivity index (χ4v) is 1.93. The van der Waals surface area contributed by atoms with Gasteiger partial charge in [0, 0.05) is 5.56 Å². The summed E-state index contributed by atoms with van der Waals surface area (Å²) in [4.78, 5) is 11.8. The highest BCUT2D eigenvalue weighted by molar-refractivity contribution is 6.04. The van der Waals surface area contributed by atoms with E-state index in [0.29, 0.717) is 22.7 Å². The molecule has 0 N–H and O–H groups in total. The highest BCUT2D eigenvalue weighted by Gasteiger charge is 2.22. The first-order chi connectivity index (χ1) is 9.61.